The van der Waals surface area contributed by atoms with E-state index in [-0.39, 0.29) is 23.1 Å². The molecule has 226 valence electrons. The summed E-state index contributed by atoms with van der Waals surface area (Å²) < 4.78 is 39.8. The molecule has 0 aromatic heterocycles. The van der Waals surface area contributed by atoms with Crippen LogP contribution in [0.4, 0.5) is 5.69 Å². The van der Waals surface area contributed by atoms with Gasteiger partial charge in [0.15, 0.2) is 11.5 Å². The van der Waals surface area contributed by atoms with Crippen LogP contribution in [0.15, 0.2) is 71.6 Å². The summed E-state index contributed by atoms with van der Waals surface area (Å²) in [7, 11) is -1.39. The van der Waals surface area contributed by atoms with E-state index in [1.807, 2.05) is 13.8 Å². The van der Waals surface area contributed by atoms with Gasteiger partial charge in [-0.25, -0.2) is 8.42 Å². The quantitative estimate of drug-likeness (QED) is 0.250. The zero-order chi connectivity index (χ0) is 30.9. The third-order valence-corrected chi connectivity index (χ3v) is 8.83. The number of methoxy groups -OCH3 is 2. The van der Waals surface area contributed by atoms with E-state index < -0.39 is 28.5 Å². The maximum absolute atomic E-state index is 14.1. The molecule has 0 radical (unpaired) electrons. The Morgan fingerprint density at radius 2 is 1.60 bits per heavy atom. The summed E-state index contributed by atoms with van der Waals surface area (Å²) in [5, 5.41) is 3.41. The number of nitrogens with one attached hydrogen (secondary N) is 1. The van der Waals surface area contributed by atoms with Crippen LogP contribution in [0.5, 0.6) is 11.5 Å². The summed E-state index contributed by atoms with van der Waals surface area (Å²) in [4.78, 5) is 28.4. The minimum absolute atomic E-state index is 0.0799. The number of carbonyl (C=O) groups is 2. The Balaban J connectivity index is 2.03. The van der Waals surface area contributed by atoms with Crippen molar-refractivity contribution in [3.63, 3.8) is 0 Å². The molecule has 1 unspecified atom stereocenters. The molecule has 0 saturated carbocycles. The van der Waals surface area contributed by atoms with Gasteiger partial charge < -0.3 is 19.7 Å². The number of benzene rings is 3. The molecule has 11 heteroatoms. The zero-order valence-corrected chi connectivity index (χ0v) is 26.2. The molecule has 42 heavy (non-hydrogen) atoms. The van der Waals surface area contributed by atoms with E-state index in [1.54, 1.807) is 55.5 Å². The number of unbranched alkanes of at least 4 members (excludes halogenated alkanes) is 1. The average molecular weight is 616 g/mol. The van der Waals surface area contributed by atoms with Crippen molar-refractivity contribution < 1.29 is 27.5 Å². The predicted octanol–water partition coefficient (Wildman–Crippen LogP) is 5.19. The molecule has 1 atom stereocenters. The molecule has 9 nitrogen and oxygen atoms in total. The number of hydrogen-bond donors (Lipinski definition) is 1. The van der Waals surface area contributed by atoms with Crippen molar-refractivity contribution >= 4 is 39.1 Å². The topological polar surface area (TPSA) is 105 Å². The smallest absolute Gasteiger partial charge is 0.264 e. The lowest BCUT2D eigenvalue weighted by Crippen LogP contribution is -2.51. The first kappa shape index (κ1) is 32.8. The molecule has 0 heterocycles. The zero-order valence-electron chi connectivity index (χ0n) is 24.6. The van der Waals surface area contributed by atoms with Crippen LogP contribution >= 0.6 is 11.6 Å². The van der Waals surface area contributed by atoms with Gasteiger partial charge in [-0.3, -0.25) is 13.9 Å². The Labute approximate surface area is 253 Å². The van der Waals surface area contributed by atoms with Crippen LogP contribution in [0.2, 0.25) is 5.02 Å². The van der Waals surface area contributed by atoms with Gasteiger partial charge >= 0.3 is 0 Å². The van der Waals surface area contributed by atoms with Crippen LogP contribution in [0.3, 0.4) is 0 Å². The average Bonchev–Trinajstić information content (AvgIpc) is 2.99. The Morgan fingerprint density at radius 1 is 0.952 bits per heavy atom. The summed E-state index contributed by atoms with van der Waals surface area (Å²) >= 11 is 6.06. The number of rotatable bonds is 14. The van der Waals surface area contributed by atoms with Gasteiger partial charge in [-0.2, -0.15) is 0 Å². The Kier molecular flexibility index (Phi) is 11.6. The molecule has 0 aliphatic heterocycles. The van der Waals surface area contributed by atoms with E-state index >= 15 is 0 Å². The van der Waals surface area contributed by atoms with Crippen molar-refractivity contribution in [3.05, 3.63) is 82.9 Å². The lowest BCUT2D eigenvalue weighted by Gasteiger charge is -2.32. The summed E-state index contributed by atoms with van der Waals surface area (Å²) in [6.07, 6.45) is 1.70. The third kappa shape index (κ3) is 8.17. The second kappa shape index (κ2) is 14.9. The first-order valence-electron chi connectivity index (χ1n) is 13.6. The second-order valence-electron chi connectivity index (χ2n) is 9.83. The molecule has 3 rings (SSSR count). The summed E-state index contributed by atoms with van der Waals surface area (Å²) in [5.74, 6) is -0.273. The van der Waals surface area contributed by atoms with Gasteiger partial charge in [0.1, 0.15) is 12.6 Å². The van der Waals surface area contributed by atoms with E-state index in [0.717, 1.165) is 28.3 Å². The van der Waals surface area contributed by atoms with Crippen molar-refractivity contribution in [1.82, 2.24) is 10.2 Å². The number of anilines is 1. The van der Waals surface area contributed by atoms with Crippen molar-refractivity contribution in [2.24, 2.45) is 0 Å². The number of aryl methyl sites for hydroxylation is 1. The highest BCUT2D eigenvalue weighted by Gasteiger charge is 2.33. The van der Waals surface area contributed by atoms with Crippen molar-refractivity contribution in [3.8, 4) is 11.5 Å². The predicted molar refractivity (Wildman–Crippen MR) is 165 cm³/mol. The second-order valence-corrected chi connectivity index (χ2v) is 12.1. The normalized spacial score (nSPS) is 11.9. The molecule has 0 aliphatic carbocycles. The number of ether oxygens (including phenoxy) is 2. The first-order valence-corrected chi connectivity index (χ1v) is 15.5. The van der Waals surface area contributed by atoms with Gasteiger partial charge in [0.25, 0.3) is 10.0 Å². The fourth-order valence-corrected chi connectivity index (χ4v) is 5.81. The summed E-state index contributed by atoms with van der Waals surface area (Å²) in [6.45, 7) is 5.55. The van der Waals surface area contributed by atoms with Gasteiger partial charge in [0, 0.05) is 24.2 Å². The summed E-state index contributed by atoms with van der Waals surface area (Å²) in [5.41, 5.74) is 1.97. The van der Waals surface area contributed by atoms with Crippen LogP contribution in [0.1, 0.15) is 37.8 Å². The Bertz CT molecular complexity index is 1460. The van der Waals surface area contributed by atoms with Crippen LogP contribution in [-0.4, -0.2) is 58.5 Å². The van der Waals surface area contributed by atoms with E-state index in [1.165, 1.54) is 37.3 Å². The number of sulfonamides is 1. The molecule has 2 amide bonds. The maximum Gasteiger partial charge on any atom is 0.264 e. The van der Waals surface area contributed by atoms with E-state index in [0.29, 0.717) is 23.0 Å². The summed E-state index contributed by atoms with van der Waals surface area (Å²) in [6, 6.07) is 17.1. The standard InChI is InChI=1S/C31H38ClN3O6S/c1-6-7-18-33-31(37)23(3)34(20-24-10-12-25(32)13-11-24)30(36)21-35(26-14-8-22(2)9-15-26)42(38,39)27-16-17-28(40-4)29(19-27)41-5/h8-17,19,23H,6-7,18,20-21H2,1-5H3,(H,33,37). The van der Waals surface area contributed by atoms with Crippen molar-refractivity contribution in [1.29, 1.82) is 0 Å². The number of hydrogen-bond acceptors (Lipinski definition) is 6. The maximum atomic E-state index is 14.1. The highest BCUT2D eigenvalue weighted by atomic mass is 35.5. The molecular weight excluding hydrogens is 578 g/mol. The lowest BCUT2D eigenvalue weighted by molar-refractivity contribution is -0.139. The van der Waals surface area contributed by atoms with Crippen LogP contribution in [-0.2, 0) is 26.2 Å². The first-order chi connectivity index (χ1) is 20.0. The highest BCUT2D eigenvalue weighted by Crippen LogP contribution is 2.32. The minimum Gasteiger partial charge on any atom is -0.493 e. The molecule has 0 aliphatic rings. The van der Waals surface area contributed by atoms with E-state index in [9.17, 15) is 18.0 Å². The van der Waals surface area contributed by atoms with E-state index in [4.69, 9.17) is 21.1 Å². The molecular formula is C31H38ClN3O6S. The van der Waals surface area contributed by atoms with Crippen molar-refractivity contribution in [2.45, 2.75) is 51.1 Å². The van der Waals surface area contributed by atoms with Gasteiger partial charge in [-0.15, -0.1) is 0 Å². The number of carbonyl (C=O) groups excluding carboxylic acids is 2. The number of nitrogens with zero attached hydrogens (tertiary/aromatic N) is 2. The van der Waals surface area contributed by atoms with Gasteiger partial charge in [0.05, 0.1) is 24.8 Å². The van der Waals surface area contributed by atoms with Gasteiger partial charge in [-0.05, 0) is 62.2 Å². The fraction of sp³-hybridized carbons (Fsp3) is 0.355. The lowest BCUT2D eigenvalue weighted by atomic mass is 10.1. The SMILES string of the molecule is CCCCNC(=O)C(C)N(Cc1ccc(Cl)cc1)C(=O)CN(c1ccc(C)cc1)S(=O)(=O)c1ccc(OC)c(OC)c1. The number of halogens is 1. The van der Waals surface area contributed by atoms with Crippen LogP contribution in [0.25, 0.3) is 0 Å². The van der Waals surface area contributed by atoms with Gasteiger partial charge in [-0.1, -0.05) is 54.8 Å². The van der Waals surface area contributed by atoms with Crippen LogP contribution < -0.4 is 19.1 Å². The fourth-order valence-electron chi connectivity index (χ4n) is 4.25. The Morgan fingerprint density at radius 3 is 2.19 bits per heavy atom. The largest absolute Gasteiger partial charge is 0.493 e. The highest BCUT2D eigenvalue weighted by molar-refractivity contribution is 7.92. The van der Waals surface area contributed by atoms with E-state index in [2.05, 4.69) is 5.32 Å². The van der Waals surface area contributed by atoms with Gasteiger partial charge in [0.2, 0.25) is 11.8 Å². The molecule has 0 fully saturated rings. The monoisotopic (exact) mass is 615 g/mol. The molecule has 0 spiro atoms. The molecule has 0 bridgehead atoms. The molecule has 3 aromatic carbocycles. The molecule has 3 aromatic rings. The molecule has 0 saturated heterocycles. The van der Waals surface area contributed by atoms with Crippen LogP contribution in [0, 0.1) is 6.92 Å². The minimum atomic E-state index is -4.26. The number of amides is 2. The third-order valence-electron chi connectivity index (χ3n) is 6.81. The Hall–Kier alpha value is -3.76. The van der Waals surface area contributed by atoms with Crippen molar-refractivity contribution in [2.75, 3.05) is 31.6 Å². The molecule has 1 N–H and O–H groups in total.